The molecule has 0 aliphatic rings. The summed E-state index contributed by atoms with van der Waals surface area (Å²) in [4.78, 5) is 18.8. The Bertz CT molecular complexity index is 564. The van der Waals surface area contributed by atoms with Crippen molar-refractivity contribution < 1.29 is 9.21 Å². The Balaban J connectivity index is 1.95. The number of nitrogens with two attached hydrogens (primary N) is 1. The molecule has 19 heavy (non-hydrogen) atoms. The van der Waals surface area contributed by atoms with Gasteiger partial charge in [-0.1, -0.05) is 0 Å². The molecule has 0 saturated carbocycles. The van der Waals surface area contributed by atoms with E-state index in [4.69, 9.17) is 10.3 Å². The fourth-order valence-electron chi connectivity index (χ4n) is 1.70. The first-order chi connectivity index (χ1) is 9.10. The first-order valence-electron chi connectivity index (χ1n) is 5.77. The number of nitrogens with zero attached hydrogens (tertiary/aromatic N) is 2. The van der Waals surface area contributed by atoms with Gasteiger partial charge in [0.05, 0.1) is 17.7 Å². The molecule has 1 amide bonds. The van der Waals surface area contributed by atoms with Crippen LogP contribution in [0.25, 0.3) is 0 Å². The summed E-state index contributed by atoms with van der Waals surface area (Å²) >= 11 is 1.64. The number of thiazole rings is 1. The highest BCUT2D eigenvalue weighted by molar-refractivity contribution is 7.09. The Kier molecular flexibility index (Phi) is 4.31. The Labute approximate surface area is 115 Å². The summed E-state index contributed by atoms with van der Waals surface area (Å²) in [6.07, 6.45) is 0. The fraction of sp³-hybridized carbons (Fsp3) is 0.333. The van der Waals surface area contributed by atoms with E-state index < -0.39 is 5.91 Å². The Morgan fingerprint density at radius 3 is 2.95 bits per heavy atom. The second kappa shape index (κ2) is 5.96. The maximum Gasteiger partial charge on any atom is 0.300 e. The number of furan rings is 1. The maximum absolute atomic E-state index is 11.3. The van der Waals surface area contributed by atoms with Gasteiger partial charge in [-0.2, -0.15) is 0 Å². The molecule has 2 aromatic heterocycles. The quantitative estimate of drug-likeness (QED) is 0.489. The van der Waals surface area contributed by atoms with Gasteiger partial charge in [-0.15, -0.1) is 11.3 Å². The van der Waals surface area contributed by atoms with E-state index in [1.54, 1.807) is 23.5 Å². The molecular formula is C12H16N4O2S. The molecule has 2 rings (SSSR count). The summed E-state index contributed by atoms with van der Waals surface area (Å²) in [6, 6.07) is 3.39. The van der Waals surface area contributed by atoms with Gasteiger partial charge in [0.15, 0.2) is 5.76 Å². The molecule has 2 heterocycles. The second-order valence-corrected chi connectivity index (χ2v) is 5.21. The van der Waals surface area contributed by atoms with E-state index >= 15 is 0 Å². The summed E-state index contributed by atoms with van der Waals surface area (Å²) < 4.78 is 5.41. The van der Waals surface area contributed by atoms with Gasteiger partial charge >= 0.3 is 5.91 Å². The van der Waals surface area contributed by atoms with Crippen molar-refractivity contribution in [2.24, 2.45) is 5.84 Å². The number of hydrogen-bond donors (Lipinski definition) is 2. The lowest BCUT2D eigenvalue weighted by Crippen LogP contribution is -2.29. The molecule has 0 spiro atoms. The number of hydrogen-bond acceptors (Lipinski definition) is 6. The number of aryl methyl sites for hydroxylation is 1. The van der Waals surface area contributed by atoms with Gasteiger partial charge in [0, 0.05) is 11.4 Å². The lowest BCUT2D eigenvalue weighted by atomic mass is 10.3. The Morgan fingerprint density at radius 2 is 2.32 bits per heavy atom. The number of aromatic nitrogens is 1. The molecule has 0 aliphatic carbocycles. The average molecular weight is 280 g/mol. The minimum absolute atomic E-state index is 0.222. The van der Waals surface area contributed by atoms with E-state index in [0.717, 1.165) is 18.0 Å². The van der Waals surface area contributed by atoms with Crippen molar-refractivity contribution in [3.05, 3.63) is 39.7 Å². The van der Waals surface area contributed by atoms with Crippen LogP contribution in [0.4, 0.5) is 0 Å². The first kappa shape index (κ1) is 13.7. The SMILES string of the molecule is Cc1ncsc1CN(C)Cc1ccc(C(=O)NN)o1. The van der Waals surface area contributed by atoms with E-state index in [-0.39, 0.29) is 5.76 Å². The van der Waals surface area contributed by atoms with Gasteiger partial charge in [-0.25, -0.2) is 10.8 Å². The Hall–Kier alpha value is -1.70. The van der Waals surface area contributed by atoms with Gasteiger partial charge in [0.25, 0.3) is 0 Å². The van der Waals surface area contributed by atoms with Crippen LogP contribution >= 0.6 is 11.3 Å². The molecule has 102 valence electrons. The van der Waals surface area contributed by atoms with Crippen LogP contribution in [0.15, 0.2) is 22.1 Å². The number of amides is 1. The van der Waals surface area contributed by atoms with Crippen molar-refractivity contribution in [3.63, 3.8) is 0 Å². The molecule has 0 aliphatic heterocycles. The number of nitrogens with one attached hydrogen (secondary N) is 1. The fourth-order valence-corrected chi connectivity index (χ4v) is 2.56. The van der Waals surface area contributed by atoms with Crippen LogP contribution in [0.2, 0.25) is 0 Å². The highest BCUT2D eigenvalue weighted by atomic mass is 32.1. The van der Waals surface area contributed by atoms with Crippen LogP contribution in [-0.2, 0) is 13.1 Å². The molecule has 7 heteroatoms. The number of hydrazine groups is 1. The zero-order valence-corrected chi connectivity index (χ0v) is 11.7. The molecule has 0 fully saturated rings. The number of carbonyl (C=O) groups is 1. The molecule has 3 N–H and O–H groups in total. The van der Waals surface area contributed by atoms with E-state index in [2.05, 4.69) is 9.88 Å². The largest absolute Gasteiger partial charge is 0.455 e. The monoisotopic (exact) mass is 280 g/mol. The second-order valence-electron chi connectivity index (χ2n) is 4.27. The molecule has 0 radical (unpaired) electrons. The standard InChI is InChI=1S/C12H16N4O2S/c1-8-11(19-7-14-8)6-16(2)5-9-3-4-10(18-9)12(17)15-13/h3-4,7H,5-6,13H2,1-2H3,(H,15,17). The van der Waals surface area contributed by atoms with Gasteiger partial charge < -0.3 is 4.42 Å². The molecule has 2 aromatic rings. The van der Waals surface area contributed by atoms with E-state index in [9.17, 15) is 4.79 Å². The number of carbonyl (C=O) groups excluding carboxylic acids is 1. The summed E-state index contributed by atoms with van der Waals surface area (Å²) in [6.45, 7) is 3.42. The van der Waals surface area contributed by atoms with Crippen LogP contribution < -0.4 is 11.3 Å². The smallest absolute Gasteiger partial charge is 0.300 e. The van der Waals surface area contributed by atoms with Crippen LogP contribution in [0, 0.1) is 6.92 Å². The van der Waals surface area contributed by atoms with E-state index in [1.165, 1.54) is 4.88 Å². The third-order valence-corrected chi connectivity index (χ3v) is 3.62. The summed E-state index contributed by atoms with van der Waals surface area (Å²) in [5, 5.41) is 0. The molecule has 0 unspecified atom stereocenters. The highest BCUT2D eigenvalue weighted by Crippen LogP contribution is 2.16. The van der Waals surface area contributed by atoms with Crippen molar-refractivity contribution in [1.82, 2.24) is 15.3 Å². The molecule has 0 atom stereocenters. The van der Waals surface area contributed by atoms with Crippen LogP contribution in [0.5, 0.6) is 0 Å². The van der Waals surface area contributed by atoms with Crippen molar-refractivity contribution >= 4 is 17.2 Å². The van der Waals surface area contributed by atoms with Crippen molar-refractivity contribution in [2.75, 3.05) is 7.05 Å². The summed E-state index contributed by atoms with van der Waals surface area (Å²) in [7, 11) is 1.99. The highest BCUT2D eigenvalue weighted by Gasteiger charge is 2.12. The lowest BCUT2D eigenvalue weighted by Gasteiger charge is -2.14. The topological polar surface area (TPSA) is 84.4 Å². The third kappa shape index (κ3) is 3.40. The molecule has 0 bridgehead atoms. The summed E-state index contributed by atoms with van der Waals surface area (Å²) in [5.74, 6) is 5.57. The average Bonchev–Trinajstić information content (AvgIpc) is 2.99. The zero-order chi connectivity index (χ0) is 13.8. The number of nitrogen functional groups attached to an aromatic ring is 1. The Morgan fingerprint density at radius 1 is 1.53 bits per heavy atom. The van der Waals surface area contributed by atoms with Crippen LogP contribution in [0.1, 0.15) is 26.9 Å². The number of rotatable bonds is 5. The first-order valence-corrected chi connectivity index (χ1v) is 6.65. The predicted octanol–water partition coefficient (Wildman–Crippen LogP) is 1.28. The molecular weight excluding hydrogens is 264 g/mol. The van der Waals surface area contributed by atoms with Gasteiger partial charge in [0.1, 0.15) is 5.76 Å². The normalized spacial score (nSPS) is 10.9. The van der Waals surface area contributed by atoms with E-state index in [0.29, 0.717) is 6.54 Å². The van der Waals surface area contributed by atoms with Crippen LogP contribution in [-0.4, -0.2) is 22.8 Å². The van der Waals surface area contributed by atoms with Crippen LogP contribution in [0.3, 0.4) is 0 Å². The lowest BCUT2D eigenvalue weighted by molar-refractivity contribution is 0.0922. The van der Waals surface area contributed by atoms with Crippen molar-refractivity contribution in [1.29, 1.82) is 0 Å². The zero-order valence-electron chi connectivity index (χ0n) is 10.8. The maximum atomic E-state index is 11.3. The van der Waals surface area contributed by atoms with Crippen molar-refractivity contribution in [2.45, 2.75) is 20.0 Å². The van der Waals surface area contributed by atoms with Gasteiger partial charge in [-0.05, 0) is 26.1 Å². The molecule has 6 nitrogen and oxygen atoms in total. The van der Waals surface area contributed by atoms with Crippen molar-refractivity contribution in [3.8, 4) is 0 Å². The van der Waals surface area contributed by atoms with E-state index in [1.807, 2.05) is 24.9 Å². The summed E-state index contributed by atoms with van der Waals surface area (Å²) in [5.41, 5.74) is 4.94. The predicted molar refractivity (Wildman–Crippen MR) is 72.4 cm³/mol. The molecule has 0 saturated heterocycles. The minimum Gasteiger partial charge on any atom is -0.455 e. The third-order valence-electron chi connectivity index (χ3n) is 2.70. The minimum atomic E-state index is -0.424. The van der Waals surface area contributed by atoms with Gasteiger partial charge in [0.2, 0.25) is 0 Å². The molecule has 0 aromatic carbocycles. The van der Waals surface area contributed by atoms with Gasteiger partial charge in [-0.3, -0.25) is 15.1 Å².